The highest BCUT2D eigenvalue weighted by Crippen LogP contribution is 2.34. The van der Waals surface area contributed by atoms with Gasteiger partial charge in [-0.15, -0.1) is 0 Å². The second-order valence-electron chi connectivity index (χ2n) is 6.75. The second-order valence-corrected chi connectivity index (χ2v) is 6.75. The lowest BCUT2D eigenvalue weighted by Gasteiger charge is -2.31. The Kier molecular flexibility index (Phi) is 5.34. The third-order valence-corrected chi connectivity index (χ3v) is 5.00. The van der Waals surface area contributed by atoms with Gasteiger partial charge in [0.1, 0.15) is 5.69 Å². The Morgan fingerprint density at radius 3 is 2.62 bits per heavy atom. The van der Waals surface area contributed by atoms with E-state index >= 15 is 0 Å². The van der Waals surface area contributed by atoms with Crippen LogP contribution < -0.4 is 5.32 Å². The number of hydrogen-bond acceptors (Lipinski definition) is 2. The summed E-state index contributed by atoms with van der Waals surface area (Å²) < 4.78 is 1.79. The molecule has 1 amide bonds. The average molecular weight is 325 g/mol. The van der Waals surface area contributed by atoms with E-state index in [0.717, 1.165) is 5.69 Å². The summed E-state index contributed by atoms with van der Waals surface area (Å²) in [5, 5.41) is 7.71. The van der Waals surface area contributed by atoms with Crippen LogP contribution in [-0.4, -0.2) is 15.7 Å². The van der Waals surface area contributed by atoms with Gasteiger partial charge in [0.2, 0.25) is 0 Å². The smallest absolute Gasteiger partial charge is 0.270 e. The van der Waals surface area contributed by atoms with Gasteiger partial charge in [-0.1, -0.05) is 49.6 Å². The van der Waals surface area contributed by atoms with Gasteiger partial charge < -0.3 is 5.32 Å². The third kappa shape index (κ3) is 3.69. The van der Waals surface area contributed by atoms with Crippen molar-refractivity contribution >= 4 is 5.91 Å². The summed E-state index contributed by atoms with van der Waals surface area (Å²) in [4.78, 5) is 12.9. The molecule has 0 radical (unpaired) electrons. The van der Waals surface area contributed by atoms with Gasteiger partial charge in [-0.05, 0) is 44.2 Å². The molecule has 1 saturated carbocycles. The van der Waals surface area contributed by atoms with Crippen molar-refractivity contribution in [2.24, 2.45) is 5.92 Å². The summed E-state index contributed by atoms with van der Waals surface area (Å²) in [6, 6.07) is 12.3. The summed E-state index contributed by atoms with van der Waals surface area (Å²) in [5.74, 6) is 0.501. The molecule has 1 unspecified atom stereocenters. The van der Waals surface area contributed by atoms with Crippen LogP contribution in [0.2, 0.25) is 0 Å². The third-order valence-electron chi connectivity index (χ3n) is 5.00. The Hall–Kier alpha value is -2.10. The number of carbonyl (C=O) groups excluding carboxylic acids is 1. The predicted molar refractivity (Wildman–Crippen MR) is 95.9 cm³/mol. The first-order valence-electron chi connectivity index (χ1n) is 9.09. The molecular formula is C20H27N3O. The molecule has 1 atom stereocenters. The van der Waals surface area contributed by atoms with E-state index in [1.165, 1.54) is 37.7 Å². The number of nitrogens with zero attached hydrogens (tertiary/aromatic N) is 2. The maximum Gasteiger partial charge on any atom is 0.270 e. The minimum Gasteiger partial charge on any atom is -0.344 e. The predicted octanol–water partition coefficient (Wildman–Crippen LogP) is 4.26. The molecule has 1 heterocycles. The summed E-state index contributed by atoms with van der Waals surface area (Å²) in [5.41, 5.74) is 2.75. The molecular weight excluding hydrogens is 298 g/mol. The standard InChI is InChI=1S/C20H27N3O/c1-3-23-18(14-15(2)22-23)20(24)21-19(16-10-6-4-7-11-16)17-12-8-5-9-13-17/h4,6-7,10-11,14,17,19H,3,5,8-9,12-13H2,1-2H3,(H,21,24). The number of amides is 1. The molecule has 1 aliphatic carbocycles. The lowest BCUT2D eigenvalue weighted by Crippen LogP contribution is -2.35. The fourth-order valence-corrected chi connectivity index (χ4v) is 3.79. The molecule has 1 aromatic carbocycles. The van der Waals surface area contributed by atoms with E-state index in [-0.39, 0.29) is 11.9 Å². The lowest BCUT2D eigenvalue weighted by atomic mass is 9.81. The maximum absolute atomic E-state index is 12.9. The molecule has 1 N–H and O–H groups in total. The van der Waals surface area contributed by atoms with Gasteiger partial charge in [-0.25, -0.2) is 0 Å². The van der Waals surface area contributed by atoms with Gasteiger partial charge in [0.25, 0.3) is 5.91 Å². The number of hydrogen-bond donors (Lipinski definition) is 1. The SMILES string of the molecule is CCn1nc(C)cc1C(=O)NC(c1ccccc1)C1CCCCC1. The topological polar surface area (TPSA) is 46.9 Å². The average Bonchev–Trinajstić information content (AvgIpc) is 3.02. The van der Waals surface area contributed by atoms with E-state index in [1.54, 1.807) is 4.68 Å². The van der Waals surface area contributed by atoms with Crippen molar-refractivity contribution in [2.45, 2.75) is 58.5 Å². The first kappa shape index (κ1) is 16.7. The zero-order valence-corrected chi connectivity index (χ0v) is 14.7. The largest absolute Gasteiger partial charge is 0.344 e. The van der Waals surface area contributed by atoms with E-state index in [9.17, 15) is 4.79 Å². The van der Waals surface area contributed by atoms with E-state index < -0.39 is 0 Å². The quantitative estimate of drug-likeness (QED) is 0.892. The second kappa shape index (κ2) is 7.65. The van der Waals surface area contributed by atoms with Gasteiger partial charge in [0.15, 0.2) is 0 Å². The molecule has 24 heavy (non-hydrogen) atoms. The maximum atomic E-state index is 12.9. The Balaban J connectivity index is 1.84. The Labute approximate surface area is 144 Å². The van der Waals surface area contributed by atoms with Crippen LogP contribution in [-0.2, 0) is 6.54 Å². The number of benzene rings is 1. The van der Waals surface area contributed by atoms with Crippen LogP contribution in [0.15, 0.2) is 36.4 Å². The Bertz CT molecular complexity index is 671. The molecule has 128 valence electrons. The molecule has 1 fully saturated rings. The van der Waals surface area contributed by atoms with Gasteiger partial charge in [0.05, 0.1) is 11.7 Å². The number of nitrogens with one attached hydrogen (secondary N) is 1. The fraction of sp³-hybridized carbons (Fsp3) is 0.500. The molecule has 1 aromatic heterocycles. The number of carbonyl (C=O) groups is 1. The number of rotatable bonds is 5. The van der Waals surface area contributed by atoms with Crippen LogP contribution in [0.25, 0.3) is 0 Å². The van der Waals surface area contributed by atoms with Crippen LogP contribution in [0.5, 0.6) is 0 Å². The van der Waals surface area contributed by atoms with Gasteiger partial charge in [-0.3, -0.25) is 9.48 Å². The van der Waals surface area contributed by atoms with E-state index in [4.69, 9.17) is 0 Å². The minimum absolute atomic E-state index is 0.0168. The summed E-state index contributed by atoms with van der Waals surface area (Å²) in [7, 11) is 0. The van der Waals surface area contributed by atoms with E-state index in [0.29, 0.717) is 18.2 Å². The highest BCUT2D eigenvalue weighted by Gasteiger charge is 2.27. The van der Waals surface area contributed by atoms with E-state index in [2.05, 4.69) is 34.7 Å². The molecule has 3 rings (SSSR count). The molecule has 0 bridgehead atoms. The minimum atomic E-state index is -0.0168. The molecule has 1 aliphatic rings. The molecule has 4 nitrogen and oxygen atoms in total. The number of aryl methyl sites for hydroxylation is 2. The van der Waals surface area contributed by atoms with Crippen LogP contribution in [0.4, 0.5) is 0 Å². The summed E-state index contributed by atoms with van der Waals surface area (Å²) in [6.45, 7) is 4.65. The van der Waals surface area contributed by atoms with Crippen molar-refractivity contribution in [3.8, 4) is 0 Å². The highest BCUT2D eigenvalue weighted by atomic mass is 16.2. The zero-order valence-electron chi connectivity index (χ0n) is 14.7. The lowest BCUT2D eigenvalue weighted by molar-refractivity contribution is 0.0901. The monoisotopic (exact) mass is 325 g/mol. The Morgan fingerprint density at radius 2 is 1.96 bits per heavy atom. The normalized spacial score (nSPS) is 16.8. The summed E-state index contributed by atoms with van der Waals surface area (Å²) >= 11 is 0. The van der Waals surface area contributed by atoms with Crippen LogP contribution in [0.1, 0.15) is 66.8 Å². The van der Waals surface area contributed by atoms with Crippen LogP contribution in [0.3, 0.4) is 0 Å². The van der Waals surface area contributed by atoms with E-state index in [1.807, 2.05) is 26.0 Å². The fourth-order valence-electron chi connectivity index (χ4n) is 3.79. The first-order chi connectivity index (χ1) is 11.7. The number of aromatic nitrogens is 2. The zero-order chi connectivity index (χ0) is 16.9. The molecule has 0 spiro atoms. The van der Waals surface area contributed by atoms with Crippen molar-refractivity contribution in [1.82, 2.24) is 15.1 Å². The molecule has 4 heteroatoms. The van der Waals surface area contributed by atoms with Crippen molar-refractivity contribution in [3.63, 3.8) is 0 Å². The van der Waals surface area contributed by atoms with Crippen LogP contribution in [0, 0.1) is 12.8 Å². The summed E-state index contributed by atoms with van der Waals surface area (Å²) in [6.07, 6.45) is 6.21. The van der Waals surface area contributed by atoms with Gasteiger partial charge in [-0.2, -0.15) is 5.10 Å². The molecule has 0 saturated heterocycles. The van der Waals surface area contributed by atoms with Crippen LogP contribution >= 0.6 is 0 Å². The first-order valence-corrected chi connectivity index (χ1v) is 9.09. The Morgan fingerprint density at radius 1 is 1.25 bits per heavy atom. The molecule has 2 aromatic rings. The van der Waals surface area contributed by atoms with Gasteiger partial charge >= 0.3 is 0 Å². The molecule has 0 aliphatic heterocycles. The van der Waals surface area contributed by atoms with Gasteiger partial charge in [0, 0.05) is 6.54 Å². The van der Waals surface area contributed by atoms with Crippen molar-refractivity contribution in [3.05, 3.63) is 53.3 Å². The van der Waals surface area contributed by atoms with Crippen molar-refractivity contribution in [1.29, 1.82) is 0 Å². The van der Waals surface area contributed by atoms with Crippen molar-refractivity contribution in [2.75, 3.05) is 0 Å². The highest BCUT2D eigenvalue weighted by molar-refractivity contribution is 5.93. The van der Waals surface area contributed by atoms with Crippen molar-refractivity contribution < 1.29 is 4.79 Å².